The first kappa shape index (κ1) is 29.2. The maximum absolute atomic E-state index is 12.6. The molecule has 0 saturated carbocycles. The molecule has 0 aromatic heterocycles. The molecule has 0 bridgehead atoms. The zero-order valence-corrected chi connectivity index (χ0v) is 18.7. The van der Waals surface area contributed by atoms with Crippen LogP contribution >= 0.6 is 0 Å². The third-order valence-corrected chi connectivity index (χ3v) is 4.49. The van der Waals surface area contributed by atoms with Crippen LogP contribution in [0.1, 0.15) is 37.5 Å². The van der Waals surface area contributed by atoms with Gasteiger partial charge in [0.15, 0.2) is 6.29 Å². The monoisotopic (exact) mass is 494 g/mol. The van der Waals surface area contributed by atoms with Crippen molar-refractivity contribution in [1.82, 2.24) is 0 Å². The van der Waals surface area contributed by atoms with Gasteiger partial charge in [0.2, 0.25) is 0 Å². The Balaban J connectivity index is 0.000000350. The topological polar surface area (TPSA) is 38.7 Å². The van der Waals surface area contributed by atoms with Gasteiger partial charge in [-0.25, -0.2) is 4.39 Å². The second kappa shape index (κ2) is 11.5. The molecule has 0 spiro atoms. The summed E-state index contributed by atoms with van der Waals surface area (Å²) in [6.45, 7) is 13.2. The molecular weight excluding hydrogens is 469 g/mol. The number of allylic oxidation sites excluding steroid dienone is 1. The summed E-state index contributed by atoms with van der Waals surface area (Å²) in [6.07, 6.45) is -12.1. The van der Waals surface area contributed by atoms with Crippen molar-refractivity contribution in [2.24, 2.45) is 0 Å². The predicted octanol–water partition coefficient (Wildman–Crippen LogP) is 7.42. The first-order valence-electron chi connectivity index (χ1n) is 9.89. The van der Waals surface area contributed by atoms with Gasteiger partial charge in [0, 0.05) is 17.7 Å². The van der Waals surface area contributed by atoms with Crippen LogP contribution in [0.25, 0.3) is 11.4 Å². The van der Waals surface area contributed by atoms with E-state index in [4.69, 9.17) is 14.6 Å². The quantitative estimate of drug-likeness (QED) is 0.322. The molecule has 2 rings (SSSR count). The number of benzene rings is 2. The van der Waals surface area contributed by atoms with Gasteiger partial charge < -0.3 is 14.6 Å². The van der Waals surface area contributed by atoms with E-state index >= 15 is 0 Å². The van der Waals surface area contributed by atoms with Gasteiger partial charge in [-0.3, -0.25) is 0 Å². The van der Waals surface area contributed by atoms with Crippen molar-refractivity contribution < 1.29 is 45.3 Å². The van der Waals surface area contributed by atoms with Crippen LogP contribution in [-0.2, 0) is 10.3 Å². The molecule has 34 heavy (non-hydrogen) atoms. The van der Waals surface area contributed by atoms with Gasteiger partial charge in [0.1, 0.15) is 11.6 Å². The highest BCUT2D eigenvalue weighted by molar-refractivity contribution is 5.61. The molecule has 0 amide bonds. The van der Waals surface area contributed by atoms with Crippen molar-refractivity contribution >= 4 is 11.4 Å². The van der Waals surface area contributed by atoms with Crippen molar-refractivity contribution in [3.63, 3.8) is 0 Å². The third kappa shape index (κ3) is 7.33. The molecule has 0 aliphatic carbocycles. The van der Waals surface area contributed by atoms with E-state index in [9.17, 15) is 30.7 Å². The van der Waals surface area contributed by atoms with E-state index in [1.54, 1.807) is 0 Å². The van der Waals surface area contributed by atoms with E-state index in [0.717, 1.165) is 16.9 Å². The molecule has 1 atom stereocenters. The maximum Gasteiger partial charge on any atom is 0.430 e. The number of hydrogen-bond donors (Lipinski definition) is 1. The minimum Gasteiger partial charge on any atom is -0.465 e. The standard InChI is InChI=1S/C13H18O2.C11H7F7O/c1-5-14-11(4)15-13-8-6-12(7-9-13)10(2)3;1-6(12)7-2-4-8(5-3-7)9(19,10(13,14)15)11(16,17)18/h6-9,11H,2,5H2,1,3-4H3;2-5,19H,1H2. The maximum atomic E-state index is 12.6. The fourth-order valence-corrected chi connectivity index (χ4v) is 2.66. The lowest BCUT2D eigenvalue weighted by Crippen LogP contribution is -2.53. The Hall–Kier alpha value is -2.85. The van der Waals surface area contributed by atoms with Crippen molar-refractivity contribution in [3.8, 4) is 5.75 Å². The van der Waals surface area contributed by atoms with Gasteiger partial charge in [-0.1, -0.05) is 55.1 Å². The molecule has 0 fully saturated rings. The Morgan fingerprint density at radius 1 is 0.882 bits per heavy atom. The third-order valence-electron chi connectivity index (χ3n) is 4.49. The minimum absolute atomic E-state index is 0.203. The van der Waals surface area contributed by atoms with E-state index in [2.05, 4.69) is 13.2 Å². The Labute approximate surface area is 193 Å². The van der Waals surface area contributed by atoms with E-state index < -0.39 is 29.3 Å². The number of hydrogen-bond acceptors (Lipinski definition) is 3. The fourth-order valence-electron chi connectivity index (χ4n) is 2.66. The molecule has 1 unspecified atom stereocenters. The van der Waals surface area contributed by atoms with Crippen LogP contribution in [0.5, 0.6) is 5.75 Å². The molecule has 0 heterocycles. The number of rotatable bonds is 7. The van der Waals surface area contributed by atoms with Gasteiger partial charge in [-0.05, 0) is 38.5 Å². The molecule has 2 aromatic rings. The normalized spacial score (nSPS) is 12.9. The van der Waals surface area contributed by atoms with Crippen LogP contribution in [-0.4, -0.2) is 30.4 Å². The molecule has 0 saturated heterocycles. The van der Waals surface area contributed by atoms with Gasteiger partial charge in [0.05, 0.1) is 0 Å². The lowest BCUT2D eigenvalue weighted by Gasteiger charge is -2.32. The second-order valence-corrected chi connectivity index (χ2v) is 7.13. The first-order valence-corrected chi connectivity index (χ1v) is 9.89. The molecule has 0 radical (unpaired) electrons. The van der Waals surface area contributed by atoms with Crippen molar-refractivity contribution in [3.05, 3.63) is 78.4 Å². The zero-order valence-electron chi connectivity index (χ0n) is 18.7. The largest absolute Gasteiger partial charge is 0.465 e. The summed E-state index contributed by atoms with van der Waals surface area (Å²) >= 11 is 0. The fraction of sp³-hybridized carbons (Fsp3) is 0.333. The van der Waals surface area contributed by atoms with Gasteiger partial charge in [-0.15, -0.1) is 0 Å². The van der Waals surface area contributed by atoms with E-state index in [1.165, 1.54) is 0 Å². The van der Waals surface area contributed by atoms with Crippen LogP contribution in [0.4, 0.5) is 30.7 Å². The van der Waals surface area contributed by atoms with Crippen LogP contribution in [0, 0.1) is 0 Å². The summed E-state index contributed by atoms with van der Waals surface area (Å²) in [6, 6.07) is 9.88. The Kier molecular flexibility index (Phi) is 9.89. The summed E-state index contributed by atoms with van der Waals surface area (Å²) in [4.78, 5) is 0. The zero-order chi connectivity index (χ0) is 26.3. The predicted molar refractivity (Wildman–Crippen MR) is 115 cm³/mol. The van der Waals surface area contributed by atoms with Crippen molar-refractivity contribution in [1.29, 1.82) is 0 Å². The smallest absolute Gasteiger partial charge is 0.430 e. The van der Waals surface area contributed by atoms with E-state index in [1.807, 2.05) is 45.0 Å². The summed E-state index contributed by atoms with van der Waals surface area (Å²) in [5.41, 5.74) is -4.55. The van der Waals surface area contributed by atoms with Crippen molar-refractivity contribution in [2.75, 3.05) is 6.61 Å². The molecule has 0 aliphatic heterocycles. The molecular formula is C24H25F7O3. The van der Waals surface area contributed by atoms with Crippen LogP contribution in [0.15, 0.2) is 61.7 Å². The molecule has 2 aromatic carbocycles. The highest BCUT2D eigenvalue weighted by Crippen LogP contribution is 2.50. The van der Waals surface area contributed by atoms with Crippen LogP contribution < -0.4 is 4.74 Å². The lowest BCUT2D eigenvalue weighted by atomic mass is 9.91. The molecule has 10 heteroatoms. The van der Waals surface area contributed by atoms with Crippen LogP contribution in [0.3, 0.4) is 0 Å². The second-order valence-electron chi connectivity index (χ2n) is 7.13. The summed E-state index contributed by atoms with van der Waals surface area (Å²) in [7, 11) is 0. The molecule has 3 nitrogen and oxygen atoms in total. The summed E-state index contributed by atoms with van der Waals surface area (Å²) < 4.78 is 98.4. The van der Waals surface area contributed by atoms with Crippen molar-refractivity contribution in [2.45, 2.75) is 45.0 Å². The summed E-state index contributed by atoms with van der Waals surface area (Å²) in [5.74, 6) is -0.199. The van der Waals surface area contributed by atoms with Crippen LogP contribution in [0.2, 0.25) is 0 Å². The van der Waals surface area contributed by atoms with E-state index in [0.29, 0.717) is 30.9 Å². The average molecular weight is 494 g/mol. The van der Waals surface area contributed by atoms with E-state index in [-0.39, 0.29) is 11.9 Å². The highest BCUT2D eigenvalue weighted by atomic mass is 19.4. The first-order chi connectivity index (χ1) is 15.5. The highest BCUT2D eigenvalue weighted by Gasteiger charge is 2.71. The molecule has 0 aliphatic rings. The Morgan fingerprint density at radius 3 is 1.68 bits per heavy atom. The number of aliphatic hydroxyl groups is 1. The SMILES string of the molecule is C=C(C)c1ccc(OC(C)OCC)cc1.C=C(F)c1ccc(C(O)(C(F)(F)F)C(F)(F)F)cc1. The Bertz CT molecular complexity index is 933. The number of ether oxygens (including phenoxy) is 2. The lowest BCUT2D eigenvalue weighted by molar-refractivity contribution is -0.376. The molecule has 1 N–H and O–H groups in total. The molecule has 188 valence electrons. The van der Waals surface area contributed by atoms with Gasteiger partial charge >= 0.3 is 12.4 Å². The van der Waals surface area contributed by atoms with Gasteiger partial charge in [-0.2, -0.15) is 26.3 Å². The average Bonchev–Trinajstić information content (AvgIpc) is 2.72. The number of alkyl halides is 6. The Morgan fingerprint density at radius 2 is 1.32 bits per heavy atom. The minimum atomic E-state index is -5.96. The van der Waals surface area contributed by atoms with Gasteiger partial charge in [0.25, 0.3) is 5.60 Å². The summed E-state index contributed by atoms with van der Waals surface area (Å²) in [5, 5.41) is 9.02. The number of halogens is 7.